The van der Waals surface area contributed by atoms with E-state index in [-0.39, 0.29) is 11.9 Å². The second kappa shape index (κ2) is 6.51. The normalized spacial score (nSPS) is 12.4. The van der Waals surface area contributed by atoms with E-state index in [2.05, 4.69) is 54.2 Å². The quantitative estimate of drug-likeness (QED) is 0.837. The molecule has 0 saturated carbocycles. The Morgan fingerprint density at radius 2 is 1.60 bits per heavy atom. The molecule has 0 aromatic heterocycles. The van der Waals surface area contributed by atoms with Crippen LogP contribution in [0.4, 0.5) is 4.39 Å². The summed E-state index contributed by atoms with van der Waals surface area (Å²) in [5.74, 6) is -0.202. The molecule has 1 nitrogen and oxygen atoms in total. The molecular weight excluding hydrogens is 317 g/mol. The number of hydrogen-bond donors (Lipinski definition) is 1. The monoisotopic (exact) mass is 335 g/mol. The lowest BCUT2D eigenvalue weighted by molar-refractivity contribution is 0.613. The van der Waals surface area contributed by atoms with Crippen LogP contribution in [0.2, 0.25) is 0 Å². The zero-order chi connectivity index (χ0) is 14.7. The third-order valence-corrected chi connectivity index (χ3v) is 4.65. The van der Waals surface area contributed by atoms with Crippen molar-refractivity contribution < 1.29 is 4.39 Å². The molecule has 0 saturated heterocycles. The van der Waals surface area contributed by atoms with Gasteiger partial charge in [0.2, 0.25) is 0 Å². The zero-order valence-corrected chi connectivity index (χ0v) is 13.6. The largest absolute Gasteiger partial charge is 0.307 e. The first-order valence-corrected chi connectivity index (χ1v) is 7.57. The Hall–Kier alpha value is -1.19. The van der Waals surface area contributed by atoms with Crippen molar-refractivity contribution in [3.05, 3.63) is 68.9 Å². The van der Waals surface area contributed by atoms with Gasteiger partial charge in [0.15, 0.2) is 0 Å². The Kier molecular flexibility index (Phi) is 4.95. The smallest absolute Gasteiger partial charge is 0.123 e. The molecule has 0 radical (unpaired) electrons. The first kappa shape index (κ1) is 15.2. The fraction of sp³-hybridized carbons (Fsp3) is 0.294. The van der Waals surface area contributed by atoms with Crippen LogP contribution in [0.5, 0.6) is 0 Å². The van der Waals surface area contributed by atoms with E-state index in [1.54, 1.807) is 0 Å². The van der Waals surface area contributed by atoms with Crippen LogP contribution in [0.3, 0.4) is 0 Å². The van der Waals surface area contributed by atoms with E-state index >= 15 is 0 Å². The van der Waals surface area contributed by atoms with Gasteiger partial charge in [0.05, 0.1) is 6.04 Å². The number of rotatable bonds is 4. The molecule has 0 spiro atoms. The van der Waals surface area contributed by atoms with E-state index in [0.29, 0.717) is 0 Å². The van der Waals surface area contributed by atoms with E-state index in [0.717, 1.165) is 16.6 Å². The SMILES string of the molecule is CCNC(c1ccc(F)cc1)c1cc(C)c(Br)c(C)c1. The van der Waals surface area contributed by atoms with Gasteiger partial charge in [-0.25, -0.2) is 4.39 Å². The second-order valence-corrected chi connectivity index (χ2v) is 5.80. The topological polar surface area (TPSA) is 12.0 Å². The molecule has 0 bridgehead atoms. The highest BCUT2D eigenvalue weighted by atomic mass is 79.9. The minimum absolute atomic E-state index is 0.0890. The van der Waals surface area contributed by atoms with E-state index in [9.17, 15) is 4.39 Å². The molecule has 0 aliphatic heterocycles. The van der Waals surface area contributed by atoms with Gasteiger partial charge in [-0.3, -0.25) is 0 Å². The van der Waals surface area contributed by atoms with E-state index < -0.39 is 0 Å². The first-order valence-electron chi connectivity index (χ1n) is 6.78. The van der Waals surface area contributed by atoms with Crippen molar-refractivity contribution in [1.82, 2.24) is 5.32 Å². The van der Waals surface area contributed by atoms with Crippen molar-refractivity contribution in [1.29, 1.82) is 0 Å². The van der Waals surface area contributed by atoms with Crippen LogP contribution in [0.25, 0.3) is 0 Å². The zero-order valence-electron chi connectivity index (χ0n) is 12.0. The van der Waals surface area contributed by atoms with Gasteiger partial charge in [-0.05, 0) is 54.8 Å². The minimum atomic E-state index is -0.202. The third kappa shape index (κ3) is 3.28. The van der Waals surface area contributed by atoms with Crippen molar-refractivity contribution in [2.24, 2.45) is 0 Å². The van der Waals surface area contributed by atoms with E-state index in [4.69, 9.17) is 0 Å². The lowest BCUT2D eigenvalue weighted by Gasteiger charge is -2.21. The summed E-state index contributed by atoms with van der Waals surface area (Å²) >= 11 is 3.60. The van der Waals surface area contributed by atoms with Crippen LogP contribution < -0.4 is 5.32 Å². The number of hydrogen-bond acceptors (Lipinski definition) is 1. The third-order valence-electron chi connectivity index (χ3n) is 3.40. The van der Waals surface area contributed by atoms with Gasteiger partial charge >= 0.3 is 0 Å². The van der Waals surface area contributed by atoms with Gasteiger partial charge in [0.25, 0.3) is 0 Å². The van der Waals surface area contributed by atoms with Crippen molar-refractivity contribution in [2.75, 3.05) is 6.54 Å². The van der Waals surface area contributed by atoms with Crippen molar-refractivity contribution >= 4 is 15.9 Å². The summed E-state index contributed by atoms with van der Waals surface area (Å²) < 4.78 is 14.2. The van der Waals surface area contributed by atoms with Gasteiger partial charge in [-0.1, -0.05) is 47.1 Å². The fourth-order valence-corrected chi connectivity index (χ4v) is 2.66. The Labute approximate surface area is 128 Å². The Morgan fingerprint density at radius 3 is 2.10 bits per heavy atom. The van der Waals surface area contributed by atoms with Gasteiger partial charge in [-0.2, -0.15) is 0 Å². The summed E-state index contributed by atoms with van der Waals surface area (Å²) in [6.45, 7) is 7.12. The van der Waals surface area contributed by atoms with Gasteiger partial charge in [0, 0.05) is 4.47 Å². The van der Waals surface area contributed by atoms with Gasteiger partial charge in [0.1, 0.15) is 5.82 Å². The molecule has 0 fully saturated rings. The van der Waals surface area contributed by atoms with Gasteiger partial charge < -0.3 is 5.32 Å². The average molecular weight is 336 g/mol. The number of aryl methyl sites for hydroxylation is 2. The first-order chi connectivity index (χ1) is 9.52. The van der Waals surface area contributed by atoms with Crippen molar-refractivity contribution in [3.8, 4) is 0 Å². The maximum absolute atomic E-state index is 13.1. The molecule has 2 aromatic carbocycles. The highest BCUT2D eigenvalue weighted by molar-refractivity contribution is 9.10. The molecule has 0 amide bonds. The summed E-state index contributed by atoms with van der Waals surface area (Å²) in [4.78, 5) is 0. The molecule has 0 aliphatic rings. The molecule has 1 atom stereocenters. The number of benzene rings is 2. The predicted octanol–water partition coefficient (Wildman–Crippen LogP) is 4.90. The minimum Gasteiger partial charge on any atom is -0.307 e. The highest BCUT2D eigenvalue weighted by Crippen LogP contribution is 2.29. The summed E-state index contributed by atoms with van der Waals surface area (Å²) in [6, 6.07) is 11.1. The molecule has 20 heavy (non-hydrogen) atoms. The summed E-state index contributed by atoms with van der Waals surface area (Å²) in [5, 5.41) is 3.47. The Balaban J connectivity index is 2.45. The molecule has 1 unspecified atom stereocenters. The fourth-order valence-electron chi connectivity index (χ4n) is 2.43. The summed E-state index contributed by atoms with van der Waals surface area (Å²) in [5.41, 5.74) is 4.71. The second-order valence-electron chi connectivity index (χ2n) is 5.01. The van der Waals surface area contributed by atoms with E-state index in [1.807, 2.05) is 12.1 Å². The van der Waals surface area contributed by atoms with Crippen LogP contribution in [0.1, 0.15) is 35.2 Å². The van der Waals surface area contributed by atoms with Crippen LogP contribution in [0.15, 0.2) is 40.9 Å². The molecular formula is C17H19BrFN. The van der Waals surface area contributed by atoms with Crippen LogP contribution in [0, 0.1) is 19.7 Å². The van der Waals surface area contributed by atoms with E-state index in [1.165, 1.54) is 28.8 Å². The molecule has 3 heteroatoms. The lowest BCUT2D eigenvalue weighted by atomic mass is 9.95. The molecule has 0 aliphatic carbocycles. The van der Waals surface area contributed by atoms with Crippen molar-refractivity contribution in [3.63, 3.8) is 0 Å². The number of halogens is 2. The number of nitrogens with one attached hydrogen (secondary N) is 1. The molecule has 1 N–H and O–H groups in total. The molecule has 2 aromatic rings. The highest BCUT2D eigenvalue weighted by Gasteiger charge is 2.15. The Morgan fingerprint density at radius 1 is 1.05 bits per heavy atom. The van der Waals surface area contributed by atoms with Crippen LogP contribution >= 0.6 is 15.9 Å². The van der Waals surface area contributed by atoms with Crippen LogP contribution in [-0.2, 0) is 0 Å². The Bertz CT molecular complexity index is 569. The molecule has 0 heterocycles. The van der Waals surface area contributed by atoms with Gasteiger partial charge in [-0.15, -0.1) is 0 Å². The maximum atomic E-state index is 13.1. The van der Waals surface area contributed by atoms with Crippen molar-refractivity contribution in [2.45, 2.75) is 26.8 Å². The molecule has 2 rings (SSSR count). The maximum Gasteiger partial charge on any atom is 0.123 e. The summed E-state index contributed by atoms with van der Waals surface area (Å²) in [6.07, 6.45) is 0. The summed E-state index contributed by atoms with van der Waals surface area (Å²) in [7, 11) is 0. The molecule has 106 valence electrons. The van der Waals surface area contributed by atoms with Crippen LogP contribution in [-0.4, -0.2) is 6.54 Å². The average Bonchev–Trinajstić information content (AvgIpc) is 2.43. The predicted molar refractivity (Wildman–Crippen MR) is 85.5 cm³/mol. The standard InChI is InChI=1S/C17H19BrFN/c1-4-20-17(13-5-7-15(19)8-6-13)14-9-11(2)16(18)12(3)10-14/h5-10,17,20H,4H2,1-3H3. The lowest BCUT2D eigenvalue weighted by Crippen LogP contribution is -2.22.